The minimum absolute atomic E-state index is 0.144. The van der Waals surface area contributed by atoms with E-state index in [1.54, 1.807) is 0 Å². The first-order chi connectivity index (χ1) is 4.61. The van der Waals surface area contributed by atoms with Crippen LogP contribution in [0.4, 0.5) is 0 Å². The van der Waals surface area contributed by atoms with Crippen LogP contribution in [0.25, 0.3) is 0 Å². The number of hydrogen-bond acceptors (Lipinski definition) is 2. The zero-order valence-corrected chi connectivity index (χ0v) is 6.89. The fourth-order valence-corrected chi connectivity index (χ4v) is 1.46. The molecule has 0 radical (unpaired) electrons. The van der Waals surface area contributed by atoms with E-state index in [0.29, 0.717) is 0 Å². The number of β-amino-alcohol motifs (C(OH)–C–C–N with tert-alkyl or cyclic N) is 1. The average Bonchev–Trinajstić information content (AvgIpc) is 2.10. The third-order valence-electron chi connectivity index (χ3n) is 1.95. The van der Waals surface area contributed by atoms with E-state index in [4.69, 9.17) is 0 Å². The number of likely N-dealkylation sites (tertiary alicyclic amines) is 1. The van der Waals surface area contributed by atoms with Crippen LogP contribution in [0.3, 0.4) is 0 Å². The van der Waals surface area contributed by atoms with Gasteiger partial charge in [0, 0.05) is 25.7 Å². The molecule has 1 aliphatic rings. The molecule has 2 nitrogen and oxygen atoms in total. The maximum atomic E-state index is 9.24. The molecule has 1 fully saturated rings. The van der Waals surface area contributed by atoms with Gasteiger partial charge in [0.25, 0.3) is 0 Å². The Morgan fingerprint density at radius 2 is 2.20 bits per heavy atom. The number of nitrogens with zero attached hydrogens (tertiary/aromatic N) is 1. The second-order valence-electron chi connectivity index (χ2n) is 3.19. The van der Waals surface area contributed by atoms with E-state index in [0.717, 1.165) is 13.0 Å². The Labute approximate surface area is 62.2 Å². The molecule has 0 bridgehead atoms. The zero-order valence-electron chi connectivity index (χ0n) is 6.89. The molecule has 1 N–H and O–H groups in total. The van der Waals surface area contributed by atoms with Crippen LogP contribution in [-0.4, -0.2) is 29.7 Å². The standard InChI is InChI=1S/C8H15NO/c1-6(2)8-4-7(10)5-9(8)3/h7,10H,4-5H2,1-3H3. The van der Waals surface area contributed by atoms with Crippen LogP contribution in [0.5, 0.6) is 0 Å². The molecule has 0 spiro atoms. The molecular formula is C8H15NO. The number of allylic oxidation sites excluding steroid dienone is 1. The maximum Gasteiger partial charge on any atom is 0.0769 e. The molecule has 1 atom stereocenters. The van der Waals surface area contributed by atoms with Gasteiger partial charge in [-0.25, -0.2) is 0 Å². The molecular weight excluding hydrogens is 126 g/mol. The van der Waals surface area contributed by atoms with Gasteiger partial charge >= 0.3 is 0 Å². The lowest BCUT2D eigenvalue weighted by Gasteiger charge is -2.13. The van der Waals surface area contributed by atoms with Gasteiger partial charge < -0.3 is 10.0 Å². The Morgan fingerprint density at radius 1 is 1.60 bits per heavy atom. The summed E-state index contributed by atoms with van der Waals surface area (Å²) < 4.78 is 0. The molecule has 0 amide bonds. The molecule has 1 unspecified atom stereocenters. The molecule has 0 aliphatic carbocycles. The van der Waals surface area contributed by atoms with Gasteiger partial charge in [-0.1, -0.05) is 5.57 Å². The molecule has 1 aliphatic heterocycles. The Hall–Kier alpha value is -0.500. The Bertz CT molecular complexity index is 159. The van der Waals surface area contributed by atoms with Crippen molar-refractivity contribution in [3.63, 3.8) is 0 Å². The van der Waals surface area contributed by atoms with Crippen LogP contribution in [0, 0.1) is 0 Å². The summed E-state index contributed by atoms with van der Waals surface area (Å²) in [5.41, 5.74) is 2.62. The highest BCUT2D eigenvalue weighted by Crippen LogP contribution is 2.21. The van der Waals surface area contributed by atoms with E-state index in [1.165, 1.54) is 11.3 Å². The third-order valence-corrected chi connectivity index (χ3v) is 1.95. The highest BCUT2D eigenvalue weighted by molar-refractivity contribution is 5.13. The second-order valence-corrected chi connectivity index (χ2v) is 3.19. The highest BCUT2D eigenvalue weighted by atomic mass is 16.3. The van der Waals surface area contributed by atoms with Gasteiger partial charge in [-0.05, 0) is 13.8 Å². The lowest BCUT2D eigenvalue weighted by molar-refractivity contribution is 0.183. The van der Waals surface area contributed by atoms with Crippen LogP contribution in [0.2, 0.25) is 0 Å². The molecule has 0 aromatic heterocycles. The SMILES string of the molecule is CC(C)=C1CC(O)CN1C. The molecule has 0 aromatic rings. The summed E-state index contributed by atoms with van der Waals surface area (Å²) >= 11 is 0. The van der Waals surface area contributed by atoms with Crippen molar-refractivity contribution in [2.45, 2.75) is 26.4 Å². The van der Waals surface area contributed by atoms with E-state index in [9.17, 15) is 5.11 Å². The number of hydrogen-bond donors (Lipinski definition) is 1. The summed E-state index contributed by atoms with van der Waals surface area (Å²) in [5.74, 6) is 0. The predicted octanol–water partition coefficient (Wildman–Crippen LogP) is 0.977. The van der Waals surface area contributed by atoms with Crippen molar-refractivity contribution in [3.8, 4) is 0 Å². The Kier molecular flexibility index (Phi) is 2.00. The van der Waals surface area contributed by atoms with E-state index < -0.39 is 0 Å². The first-order valence-corrected chi connectivity index (χ1v) is 3.67. The number of rotatable bonds is 0. The zero-order chi connectivity index (χ0) is 7.72. The maximum absolute atomic E-state index is 9.24. The minimum atomic E-state index is -0.144. The molecule has 0 saturated carbocycles. The summed E-state index contributed by atoms with van der Waals surface area (Å²) in [6, 6.07) is 0. The summed E-state index contributed by atoms with van der Waals surface area (Å²) in [5, 5.41) is 9.24. The monoisotopic (exact) mass is 141 g/mol. The topological polar surface area (TPSA) is 23.5 Å². The normalized spacial score (nSPS) is 25.8. The van der Waals surface area contributed by atoms with Gasteiger partial charge in [0.15, 0.2) is 0 Å². The molecule has 1 saturated heterocycles. The molecule has 10 heavy (non-hydrogen) atoms. The van der Waals surface area contributed by atoms with E-state index >= 15 is 0 Å². The van der Waals surface area contributed by atoms with Crippen molar-refractivity contribution >= 4 is 0 Å². The fraction of sp³-hybridized carbons (Fsp3) is 0.750. The molecule has 0 aromatic carbocycles. The van der Waals surface area contributed by atoms with Crippen molar-refractivity contribution in [1.82, 2.24) is 4.90 Å². The summed E-state index contributed by atoms with van der Waals surface area (Å²) in [6.45, 7) is 4.97. The summed E-state index contributed by atoms with van der Waals surface area (Å²) in [6.07, 6.45) is 0.689. The van der Waals surface area contributed by atoms with Crippen LogP contribution in [0.15, 0.2) is 11.3 Å². The predicted molar refractivity (Wildman–Crippen MR) is 41.6 cm³/mol. The van der Waals surface area contributed by atoms with Gasteiger partial charge in [-0.3, -0.25) is 0 Å². The minimum Gasteiger partial charge on any atom is -0.391 e. The highest BCUT2D eigenvalue weighted by Gasteiger charge is 2.21. The van der Waals surface area contributed by atoms with Crippen molar-refractivity contribution < 1.29 is 5.11 Å². The summed E-state index contributed by atoms with van der Waals surface area (Å²) in [4.78, 5) is 2.12. The Balaban J connectivity index is 2.73. The molecule has 1 heterocycles. The lowest BCUT2D eigenvalue weighted by Crippen LogP contribution is -2.15. The fourth-order valence-electron chi connectivity index (χ4n) is 1.46. The number of aliphatic hydroxyl groups excluding tert-OH is 1. The quantitative estimate of drug-likeness (QED) is 0.543. The average molecular weight is 141 g/mol. The van der Waals surface area contributed by atoms with Crippen molar-refractivity contribution in [2.24, 2.45) is 0 Å². The smallest absolute Gasteiger partial charge is 0.0769 e. The van der Waals surface area contributed by atoms with Crippen molar-refractivity contribution in [3.05, 3.63) is 11.3 Å². The van der Waals surface area contributed by atoms with Crippen LogP contribution >= 0.6 is 0 Å². The van der Waals surface area contributed by atoms with Gasteiger partial charge in [-0.2, -0.15) is 0 Å². The van der Waals surface area contributed by atoms with Crippen LogP contribution in [-0.2, 0) is 0 Å². The molecule has 1 rings (SSSR count). The van der Waals surface area contributed by atoms with E-state index in [2.05, 4.69) is 18.7 Å². The van der Waals surface area contributed by atoms with Gasteiger partial charge in [-0.15, -0.1) is 0 Å². The van der Waals surface area contributed by atoms with E-state index in [-0.39, 0.29) is 6.10 Å². The van der Waals surface area contributed by atoms with Gasteiger partial charge in [0.1, 0.15) is 0 Å². The first-order valence-electron chi connectivity index (χ1n) is 3.67. The van der Waals surface area contributed by atoms with Crippen LogP contribution in [0.1, 0.15) is 20.3 Å². The van der Waals surface area contributed by atoms with Gasteiger partial charge in [0.2, 0.25) is 0 Å². The number of aliphatic hydroxyl groups is 1. The van der Waals surface area contributed by atoms with Crippen LogP contribution < -0.4 is 0 Å². The number of likely N-dealkylation sites (N-methyl/N-ethyl adjacent to an activating group) is 1. The lowest BCUT2D eigenvalue weighted by atomic mass is 10.2. The largest absolute Gasteiger partial charge is 0.391 e. The molecule has 2 heteroatoms. The van der Waals surface area contributed by atoms with Crippen molar-refractivity contribution in [2.75, 3.05) is 13.6 Å². The van der Waals surface area contributed by atoms with Crippen molar-refractivity contribution in [1.29, 1.82) is 0 Å². The van der Waals surface area contributed by atoms with Gasteiger partial charge in [0.05, 0.1) is 6.10 Å². The second kappa shape index (κ2) is 2.62. The Morgan fingerprint density at radius 3 is 2.40 bits per heavy atom. The third kappa shape index (κ3) is 1.32. The van der Waals surface area contributed by atoms with E-state index in [1.807, 2.05) is 7.05 Å². The first kappa shape index (κ1) is 7.61. The summed E-state index contributed by atoms with van der Waals surface area (Å²) in [7, 11) is 2.03. The molecule has 58 valence electrons.